The van der Waals surface area contributed by atoms with Crippen molar-refractivity contribution in [3.63, 3.8) is 0 Å². The van der Waals surface area contributed by atoms with Gasteiger partial charge in [0.1, 0.15) is 0 Å². The zero-order valence-electron chi connectivity index (χ0n) is 12.4. The molecular weight excluding hydrogens is 270 g/mol. The normalized spacial score (nSPS) is 17.1. The zero-order chi connectivity index (χ0) is 15.7. The van der Waals surface area contributed by atoms with Crippen molar-refractivity contribution in [2.75, 3.05) is 11.9 Å². The van der Waals surface area contributed by atoms with Gasteiger partial charge >= 0.3 is 5.97 Å². The number of carbonyl (C=O) groups excluding carboxylic acids is 2. The summed E-state index contributed by atoms with van der Waals surface area (Å²) in [6.45, 7) is 3.17. The van der Waals surface area contributed by atoms with E-state index in [0.29, 0.717) is 18.4 Å². The van der Waals surface area contributed by atoms with Crippen LogP contribution in [0.25, 0.3) is 0 Å². The summed E-state index contributed by atoms with van der Waals surface area (Å²) in [5.41, 5.74) is 2.29. The first-order valence-electron chi connectivity index (χ1n) is 6.99. The summed E-state index contributed by atoms with van der Waals surface area (Å²) in [4.78, 5) is 36.6. The molecule has 1 amide bonds. The number of carboxylic acid groups (broad SMARTS) is 1. The fraction of sp³-hybridized carbons (Fsp3) is 0.438. The third kappa shape index (κ3) is 2.82. The highest BCUT2D eigenvalue weighted by Crippen LogP contribution is 2.29. The topological polar surface area (TPSA) is 74.7 Å². The molecule has 1 heterocycles. The molecule has 112 valence electrons. The molecule has 2 unspecified atom stereocenters. The molecule has 1 aliphatic rings. The molecule has 0 spiro atoms. The van der Waals surface area contributed by atoms with Crippen LogP contribution in [0.2, 0.25) is 0 Å². The number of hydrogen-bond acceptors (Lipinski definition) is 3. The third-order valence-corrected chi connectivity index (χ3v) is 4.26. The van der Waals surface area contributed by atoms with E-state index in [0.717, 1.165) is 11.3 Å². The number of fused-ring (bicyclic) bond motifs is 1. The Morgan fingerprint density at radius 3 is 2.48 bits per heavy atom. The number of rotatable bonds is 4. The number of Topliss-reactive ketones (excluding diaryl/α,β-unsaturated/α-hetero) is 1. The van der Waals surface area contributed by atoms with Gasteiger partial charge in [-0.1, -0.05) is 13.8 Å². The summed E-state index contributed by atoms with van der Waals surface area (Å²) in [7, 11) is 1.72. The Labute approximate surface area is 123 Å². The fourth-order valence-corrected chi connectivity index (χ4v) is 2.51. The molecule has 2 rings (SSSR count). The molecule has 0 fully saturated rings. The lowest BCUT2D eigenvalue weighted by molar-refractivity contribution is -0.142. The van der Waals surface area contributed by atoms with Crippen molar-refractivity contribution in [3.8, 4) is 0 Å². The first-order chi connectivity index (χ1) is 9.82. The standard InChI is InChI=1S/C16H19NO4/c1-9(10(2)16(20)21)15(19)12-4-6-13-11(8-12)5-7-14(18)17(13)3/h4,6,8-10H,5,7H2,1-3H3,(H,20,21). The number of amides is 1. The maximum absolute atomic E-state index is 12.4. The molecule has 21 heavy (non-hydrogen) atoms. The van der Waals surface area contributed by atoms with Gasteiger partial charge in [0.05, 0.1) is 5.92 Å². The molecule has 1 aromatic rings. The van der Waals surface area contributed by atoms with Gasteiger partial charge in [0.25, 0.3) is 0 Å². The minimum absolute atomic E-state index is 0.0643. The number of aliphatic carboxylic acids is 1. The van der Waals surface area contributed by atoms with Crippen LogP contribution in [0.4, 0.5) is 5.69 Å². The summed E-state index contributed by atoms with van der Waals surface area (Å²) in [5, 5.41) is 9.01. The van der Waals surface area contributed by atoms with E-state index in [-0.39, 0.29) is 11.7 Å². The highest BCUT2D eigenvalue weighted by atomic mass is 16.4. The zero-order valence-corrected chi connectivity index (χ0v) is 12.4. The lowest BCUT2D eigenvalue weighted by Crippen LogP contribution is -2.31. The van der Waals surface area contributed by atoms with E-state index in [1.807, 2.05) is 0 Å². The van der Waals surface area contributed by atoms with Crippen molar-refractivity contribution in [1.82, 2.24) is 0 Å². The highest BCUT2D eigenvalue weighted by Gasteiger charge is 2.28. The molecule has 0 aromatic heterocycles. The Bertz CT molecular complexity index is 608. The Morgan fingerprint density at radius 2 is 1.86 bits per heavy atom. The molecule has 1 N–H and O–H groups in total. The molecule has 5 nitrogen and oxygen atoms in total. The summed E-state index contributed by atoms with van der Waals surface area (Å²) in [6.07, 6.45) is 1.05. The third-order valence-electron chi connectivity index (χ3n) is 4.26. The van der Waals surface area contributed by atoms with Gasteiger partial charge in [-0.25, -0.2) is 0 Å². The van der Waals surface area contributed by atoms with Crippen molar-refractivity contribution in [2.24, 2.45) is 11.8 Å². The minimum Gasteiger partial charge on any atom is -0.481 e. The number of hydrogen-bond donors (Lipinski definition) is 1. The van der Waals surface area contributed by atoms with Crippen LogP contribution in [0.3, 0.4) is 0 Å². The maximum atomic E-state index is 12.4. The van der Waals surface area contributed by atoms with Gasteiger partial charge in [0.2, 0.25) is 5.91 Å². The van der Waals surface area contributed by atoms with Crippen LogP contribution in [-0.2, 0) is 16.0 Å². The van der Waals surface area contributed by atoms with E-state index in [4.69, 9.17) is 5.11 Å². The summed E-state index contributed by atoms with van der Waals surface area (Å²) in [6, 6.07) is 5.21. The Kier molecular flexibility index (Phi) is 4.11. The Morgan fingerprint density at radius 1 is 1.19 bits per heavy atom. The second-order valence-electron chi connectivity index (χ2n) is 5.58. The molecule has 0 radical (unpaired) electrons. The average molecular weight is 289 g/mol. The lowest BCUT2D eigenvalue weighted by Gasteiger charge is -2.26. The number of ketones is 1. The van der Waals surface area contributed by atoms with Gasteiger partial charge in [-0.05, 0) is 30.2 Å². The van der Waals surface area contributed by atoms with Crippen LogP contribution in [0.1, 0.15) is 36.2 Å². The van der Waals surface area contributed by atoms with E-state index >= 15 is 0 Å². The Balaban J connectivity index is 2.29. The van der Waals surface area contributed by atoms with Crippen LogP contribution < -0.4 is 4.90 Å². The van der Waals surface area contributed by atoms with Gasteiger partial charge in [-0.2, -0.15) is 0 Å². The van der Waals surface area contributed by atoms with Gasteiger partial charge in [0.15, 0.2) is 5.78 Å². The predicted octanol–water partition coefficient (Wildman–Crippen LogP) is 2.14. The largest absolute Gasteiger partial charge is 0.481 e. The van der Waals surface area contributed by atoms with Crippen LogP contribution in [-0.4, -0.2) is 29.8 Å². The smallest absolute Gasteiger partial charge is 0.306 e. The van der Waals surface area contributed by atoms with Gasteiger partial charge < -0.3 is 10.0 Å². The van der Waals surface area contributed by atoms with Crippen molar-refractivity contribution in [3.05, 3.63) is 29.3 Å². The van der Waals surface area contributed by atoms with Crippen molar-refractivity contribution in [1.29, 1.82) is 0 Å². The molecule has 0 aliphatic carbocycles. The van der Waals surface area contributed by atoms with E-state index in [1.165, 1.54) is 6.92 Å². The van der Waals surface area contributed by atoms with Gasteiger partial charge in [-0.15, -0.1) is 0 Å². The first-order valence-corrected chi connectivity index (χ1v) is 6.99. The Hall–Kier alpha value is -2.17. The van der Waals surface area contributed by atoms with Crippen LogP contribution >= 0.6 is 0 Å². The maximum Gasteiger partial charge on any atom is 0.306 e. The molecule has 1 aromatic carbocycles. The summed E-state index contributed by atoms with van der Waals surface area (Å²) < 4.78 is 0. The number of anilines is 1. The molecule has 2 atom stereocenters. The molecular formula is C16H19NO4. The van der Waals surface area contributed by atoms with E-state index in [1.54, 1.807) is 37.1 Å². The lowest BCUT2D eigenvalue weighted by atomic mass is 9.87. The second-order valence-corrected chi connectivity index (χ2v) is 5.58. The minimum atomic E-state index is -0.973. The molecule has 0 saturated heterocycles. The van der Waals surface area contributed by atoms with Crippen LogP contribution in [0.15, 0.2) is 18.2 Å². The average Bonchev–Trinajstić information content (AvgIpc) is 2.48. The monoisotopic (exact) mass is 289 g/mol. The number of benzene rings is 1. The van der Waals surface area contributed by atoms with E-state index < -0.39 is 17.8 Å². The number of aryl methyl sites for hydroxylation is 1. The number of carboxylic acids is 1. The molecule has 5 heteroatoms. The van der Waals surface area contributed by atoms with Crippen molar-refractivity contribution < 1.29 is 19.5 Å². The SMILES string of the molecule is CC(C(=O)O)C(C)C(=O)c1ccc2c(c1)CCC(=O)N2C. The quantitative estimate of drug-likeness (QED) is 0.862. The molecule has 1 aliphatic heterocycles. The number of nitrogens with zero attached hydrogens (tertiary/aromatic N) is 1. The highest BCUT2D eigenvalue weighted by molar-refractivity contribution is 6.01. The van der Waals surface area contributed by atoms with Crippen LogP contribution in [0, 0.1) is 11.8 Å². The van der Waals surface area contributed by atoms with Crippen molar-refractivity contribution in [2.45, 2.75) is 26.7 Å². The van der Waals surface area contributed by atoms with Gasteiger partial charge in [0, 0.05) is 30.6 Å². The summed E-state index contributed by atoms with van der Waals surface area (Å²) in [5.74, 6) is -2.39. The first kappa shape index (κ1) is 15.2. The fourth-order valence-electron chi connectivity index (χ4n) is 2.51. The molecule has 0 saturated carbocycles. The second kappa shape index (κ2) is 5.68. The summed E-state index contributed by atoms with van der Waals surface area (Å²) >= 11 is 0. The van der Waals surface area contributed by atoms with Crippen molar-refractivity contribution >= 4 is 23.3 Å². The number of carbonyl (C=O) groups is 3. The predicted molar refractivity (Wildman–Crippen MR) is 78.5 cm³/mol. The van der Waals surface area contributed by atoms with E-state index in [9.17, 15) is 14.4 Å². The van der Waals surface area contributed by atoms with E-state index in [2.05, 4.69) is 0 Å². The van der Waals surface area contributed by atoms with Gasteiger partial charge in [-0.3, -0.25) is 14.4 Å². The van der Waals surface area contributed by atoms with Crippen LogP contribution in [0.5, 0.6) is 0 Å². The molecule has 0 bridgehead atoms.